The van der Waals surface area contributed by atoms with E-state index in [0.29, 0.717) is 10.7 Å². The molecule has 0 aliphatic heterocycles. The second-order valence-electron chi connectivity index (χ2n) is 1.64. The van der Waals surface area contributed by atoms with Crippen LogP contribution in [0.4, 0.5) is 5.69 Å². The van der Waals surface area contributed by atoms with Gasteiger partial charge >= 0.3 is 0 Å². The number of benzene rings is 1. The summed E-state index contributed by atoms with van der Waals surface area (Å²) < 4.78 is 1.00. The lowest BCUT2D eigenvalue weighted by molar-refractivity contribution is 1.63. The maximum atomic E-state index is 5.68. The molecule has 0 heterocycles. The standard InChI is InChI=1S/C6H5ClIN/c7-4-2-1-3-5(8)6(4)9/h1-3H,9H2. The molecule has 2 N–H and O–H groups in total. The molecule has 0 aliphatic carbocycles. The van der Waals surface area contributed by atoms with E-state index in [0.717, 1.165) is 3.57 Å². The minimum absolute atomic E-state index is 0.627. The first-order valence-corrected chi connectivity index (χ1v) is 3.87. The van der Waals surface area contributed by atoms with E-state index in [1.807, 2.05) is 12.1 Å². The fraction of sp³-hybridized carbons (Fsp3) is 0. The molecule has 0 spiro atoms. The second-order valence-corrected chi connectivity index (χ2v) is 3.20. The molecule has 0 radical (unpaired) electrons. The van der Waals surface area contributed by atoms with Gasteiger partial charge in [-0.3, -0.25) is 0 Å². The first-order valence-electron chi connectivity index (χ1n) is 2.41. The van der Waals surface area contributed by atoms with Crippen molar-refractivity contribution in [2.45, 2.75) is 0 Å². The van der Waals surface area contributed by atoms with Crippen LogP contribution < -0.4 is 5.73 Å². The molecule has 0 unspecified atom stereocenters. The number of para-hydroxylation sites is 1. The molecule has 1 aromatic carbocycles. The van der Waals surface area contributed by atoms with Gasteiger partial charge in [0.15, 0.2) is 0 Å². The number of rotatable bonds is 0. The Morgan fingerprint density at radius 1 is 1.44 bits per heavy atom. The van der Waals surface area contributed by atoms with E-state index in [4.69, 9.17) is 17.3 Å². The normalized spacial score (nSPS) is 9.56. The maximum Gasteiger partial charge on any atom is 0.0646 e. The van der Waals surface area contributed by atoms with Crippen molar-refractivity contribution in [1.82, 2.24) is 0 Å². The Kier molecular flexibility index (Phi) is 2.18. The van der Waals surface area contributed by atoms with Gasteiger partial charge in [0.2, 0.25) is 0 Å². The van der Waals surface area contributed by atoms with Crippen LogP contribution in [0.1, 0.15) is 0 Å². The Morgan fingerprint density at radius 3 is 2.56 bits per heavy atom. The Hall–Kier alpha value is 0.0400. The van der Waals surface area contributed by atoms with Gasteiger partial charge in [0.25, 0.3) is 0 Å². The summed E-state index contributed by atoms with van der Waals surface area (Å²) in [6.07, 6.45) is 0. The number of nitrogens with two attached hydrogens (primary N) is 1. The van der Waals surface area contributed by atoms with Crippen molar-refractivity contribution in [3.8, 4) is 0 Å². The molecule has 1 rings (SSSR count). The first kappa shape index (κ1) is 7.15. The quantitative estimate of drug-likeness (QED) is 0.558. The summed E-state index contributed by atoms with van der Waals surface area (Å²) in [5.41, 5.74) is 6.21. The number of nitrogen functional groups attached to an aromatic ring is 1. The molecule has 1 nitrogen and oxygen atoms in total. The van der Waals surface area contributed by atoms with Gasteiger partial charge in [0, 0.05) is 3.57 Å². The maximum absolute atomic E-state index is 5.68. The molecule has 0 saturated heterocycles. The van der Waals surface area contributed by atoms with Crippen molar-refractivity contribution in [3.05, 3.63) is 26.8 Å². The van der Waals surface area contributed by atoms with Crippen molar-refractivity contribution in [2.24, 2.45) is 0 Å². The highest BCUT2D eigenvalue weighted by molar-refractivity contribution is 14.1. The van der Waals surface area contributed by atoms with Crippen LogP contribution in [-0.2, 0) is 0 Å². The van der Waals surface area contributed by atoms with Crippen LogP contribution in [0.15, 0.2) is 18.2 Å². The average Bonchev–Trinajstić information content (AvgIpc) is 1.83. The predicted octanol–water partition coefficient (Wildman–Crippen LogP) is 2.53. The van der Waals surface area contributed by atoms with E-state index in [1.54, 1.807) is 6.07 Å². The molecular weight excluding hydrogens is 248 g/mol. The lowest BCUT2D eigenvalue weighted by Crippen LogP contribution is -1.88. The van der Waals surface area contributed by atoms with Crippen molar-refractivity contribution < 1.29 is 0 Å². The zero-order valence-corrected chi connectivity index (χ0v) is 7.48. The summed E-state index contributed by atoms with van der Waals surface area (Å²) in [6.45, 7) is 0. The molecule has 0 aromatic heterocycles. The van der Waals surface area contributed by atoms with Crippen molar-refractivity contribution in [1.29, 1.82) is 0 Å². The van der Waals surface area contributed by atoms with Crippen LogP contribution in [0.5, 0.6) is 0 Å². The number of hydrogen-bond acceptors (Lipinski definition) is 1. The van der Waals surface area contributed by atoms with Crippen LogP contribution in [0.3, 0.4) is 0 Å². The Bertz CT molecular complexity index is 204. The van der Waals surface area contributed by atoms with E-state index < -0.39 is 0 Å². The molecule has 0 atom stereocenters. The largest absolute Gasteiger partial charge is 0.397 e. The lowest BCUT2D eigenvalue weighted by Gasteiger charge is -1.97. The molecule has 48 valence electrons. The zero-order valence-electron chi connectivity index (χ0n) is 4.57. The Morgan fingerprint density at radius 2 is 2.11 bits per heavy atom. The van der Waals surface area contributed by atoms with Crippen molar-refractivity contribution in [3.63, 3.8) is 0 Å². The van der Waals surface area contributed by atoms with Crippen LogP contribution in [0.25, 0.3) is 0 Å². The van der Waals surface area contributed by atoms with E-state index in [2.05, 4.69) is 22.6 Å². The third-order valence-corrected chi connectivity index (χ3v) is 2.27. The summed E-state index contributed by atoms with van der Waals surface area (Å²) >= 11 is 7.82. The van der Waals surface area contributed by atoms with E-state index in [9.17, 15) is 0 Å². The summed E-state index contributed by atoms with van der Waals surface area (Å²) in [7, 11) is 0. The molecule has 0 saturated carbocycles. The molecule has 3 heteroatoms. The van der Waals surface area contributed by atoms with Gasteiger partial charge in [-0.05, 0) is 34.7 Å². The topological polar surface area (TPSA) is 26.0 Å². The highest BCUT2D eigenvalue weighted by Gasteiger charge is 1.96. The highest BCUT2D eigenvalue weighted by Crippen LogP contribution is 2.22. The first-order chi connectivity index (χ1) is 4.22. The monoisotopic (exact) mass is 253 g/mol. The van der Waals surface area contributed by atoms with Crippen LogP contribution in [0, 0.1) is 3.57 Å². The van der Waals surface area contributed by atoms with Crippen molar-refractivity contribution >= 4 is 39.9 Å². The molecule has 0 fully saturated rings. The Balaban J connectivity index is 3.25. The second kappa shape index (κ2) is 2.75. The molecule has 0 amide bonds. The van der Waals surface area contributed by atoms with Gasteiger partial charge in [-0.25, -0.2) is 0 Å². The van der Waals surface area contributed by atoms with Gasteiger partial charge < -0.3 is 5.73 Å². The van der Waals surface area contributed by atoms with E-state index in [-0.39, 0.29) is 0 Å². The minimum Gasteiger partial charge on any atom is -0.397 e. The third kappa shape index (κ3) is 1.49. The number of halogens is 2. The van der Waals surface area contributed by atoms with E-state index in [1.165, 1.54) is 0 Å². The number of hydrogen-bond donors (Lipinski definition) is 1. The molecule has 0 aliphatic rings. The third-order valence-electron chi connectivity index (χ3n) is 1.000. The summed E-state index contributed by atoms with van der Waals surface area (Å²) in [4.78, 5) is 0. The molecule has 9 heavy (non-hydrogen) atoms. The van der Waals surface area contributed by atoms with Gasteiger partial charge in [-0.15, -0.1) is 0 Å². The molecule has 0 bridgehead atoms. The summed E-state index contributed by atoms with van der Waals surface area (Å²) in [5.74, 6) is 0. The van der Waals surface area contributed by atoms with Gasteiger partial charge in [0.1, 0.15) is 0 Å². The zero-order chi connectivity index (χ0) is 6.85. The number of anilines is 1. The van der Waals surface area contributed by atoms with Gasteiger partial charge in [0.05, 0.1) is 10.7 Å². The summed E-state index contributed by atoms with van der Waals surface area (Å²) in [6, 6.07) is 5.57. The fourth-order valence-corrected chi connectivity index (χ4v) is 1.34. The van der Waals surface area contributed by atoms with Gasteiger partial charge in [-0.1, -0.05) is 17.7 Å². The van der Waals surface area contributed by atoms with Crippen LogP contribution in [0.2, 0.25) is 5.02 Å². The van der Waals surface area contributed by atoms with Crippen LogP contribution in [-0.4, -0.2) is 0 Å². The minimum atomic E-state index is 0.627. The lowest BCUT2D eigenvalue weighted by atomic mass is 10.3. The summed E-state index contributed by atoms with van der Waals surface area (Å²) in [5, 5.41) is 0.627. The highest BCUT2D eigenvalue weighted by atomic mass is 127. The average molecular weight is 253 g/mol. The van der Waals surface area contributed by atoms with Crippen molar-refractivity contribution in [2.75, 3.05) is 5.73 Å². The predicted molar refractivity (Wildman–Crippen MR) is 48.6 cm³/mol. The smallest absolute Gasteiger partial charge is 0.0646 e. The molecular formula is C6H5ClIN. The van der Waals surface area contributed by atoms with Gasteiger partial charge in [-0.2, -0.15) is 0 Å². The SMILES string of the molecule is Nc1c(Cl)cccc1I. The Labute approximate surface area is 72.3 Å². The molecule has 1 aromatic rings. The fourth-order valence-electron chi connectivity index (χ4n) is 0.511. The van der Waals surface area contributed by atoms with E-state index >= 15 is 0 Å². The van der Waals surface area contributed by atoms with Crippen LogP contribution >= 0.6 is 34.2 Å².